The van der Waals surface area contributed by atoms with Crippen LogP contribution in [0.2, 0.25) is 0 Å². The molecule has 0 aliphatic rings. The van der Waals surface area contributed by atoms with Gasteiger partial charge in [-0.05, 0) is 11.5 Å². The SMILES string of the molecule is CC(C)/C=C(\CC(=O)OCc1ccccc1)C(=O)O. The maximum absolute atomic E-state index is 11.6. The number of carboxylic acids is 1. The van der Waals surface area contributed by atoms with Gasteiger partial charge in [-0.15, -0.1) is 0 Å². The summed E-state index contributed by atoms with van der Waals surface area (Å²) in [6, 6.07) is 9.26. The van der Waals surface area contributed by atoms with Crippen molar-refractivity contribution in [2.45, 2.75) is 26.9 Å². The van der Waals surface area contributed by atoms with Crippen LogP contribution in [0.4, 0.5) is 0 Å². The fourth-order valence-corrected chi connectivity index (χ4v) is 1.55. The third kappa shape index (κ3) is 5.86. The monoisotopic (exact) mass is 262 g/mol. The van der Waals surface area contributed by atoms with Crippen molar-refractivity contribution >= 4 is 11.9 Å². The molecule has 19 heavy (non-hydrogen) atoms. The van der Waals surface area contributed by atoms with Gasteiger partial charge in [0.2, 0.25) is 0 Å². The molecule has 1 rings (SSSR count). The first-order valence-corrected chi connectivity index (χ1v) is 6.12. The van der Waals surface area contributed by atoms with Crippen LogP contribution >= 0.6 is 0 Å². The van der Waals surface area contributed by atoms with E-state index in [2.05, 4.69) is 0 Å². The van der Waals surface area contributed by atoms with Gasteiger partial charge in [-0.1, -0.05) is 50.3 Å². The van der Waals surface area contributed by atoms with Crippen molar-refractivity contribution in [3.8, 4) is 0 Å². The van der Waals surface area contributed by atoms with Crippen molar-refractivity contribution < 1.29 is 19.4 Å². The van der Waals surface area contributed by atoms with Crippen molar-refractivity contribution in [2.24, 2.45) is 5.92 Å². The van der Waals surface area contributed by atoms with E-state index in [0.717, 1.165) is 5.56 Å². The summed E-state index contributed by atoms with van der Waals surface area (Å²) in [6.45, 7) is 3.88. The van der Waals surface area contributed by atoms with Gasteiger partial charge in [0.15, 0.2) is 0 Å². The molecular formula is C15H18O4. The highest BCUT2D eigenvalue weighted by Gasteiger charge is 2.14. The fourth-order valence-electron chi connectivity index (χ4n) is 1.55. The van der Waals surface area contributed by atoms with Crippen LogP contribution in [-0.2, 0) is 20.9 Å². The highest BCUT2D eigenvalue weighted by atomic mass is 16.5. The lowest BCUT2D eigenvalue weighted by atomic mass is 10.1. The van der Waals surface area contributed by atoms with Crippen molar-refractivity contribution in [1.82, 2.24) is 0 Å². The highest BCUT2D eigenvalue weighted by Crippen LogP contribution is 2.10. The standard InChI is InChI=1S/C15H18O4/c1-11(2)8-13(15(17)18)9-14(16)19-10-12-6-4-3-5-7-12/h3-8,11H,9-10H2,1-2H3,(H,17,18)/b13-8+. The smallest absolute Gasteiger partial charge is 0.331 e. The maximum Gasteiger partial charge on any atom is 0.331 e. The molecule has 0 heterocycles. The first-order valence-electron chi connectivity index (χ1n) is 6.12. The molecule has 0 atom stereocenters. The second kappa shape index (κ2) is 7.36. The summed E-state index contributed by atoms with van der Waals surface area (Å²) in [7, 11) is 0. The molecule has 0 aliphatic carbocycles. The third-order valence-corrected chi connectivity index (χ3v) is 2.39. The lowest BCUT2D eigenvalue weighted by molar-refractivity contribution is -0.146. The number of esters is 1. The van der Waals surface area contributed by atoms with E-state index in [1.54, 1.807) is 6.08 Å². The second-order valence-electron chi connectivity index (χ2n) is 4.56. The number of carbonyl (C=O) groups is 2. The topological polar surface area (TPSA) is 63.6 Å². The summed E-state index contributed by atoms with van der Waals surface area (Å²) in [5.74, 6) is -1.53. The van der Waals surface area contributed by atoms with Gasteiger partial charge in [-0.3, -0.25) is 4.79 Å². The van der Waals surface area contributed by atoms with E-state index >= 15 is 0 Å². The Kier molecular flexibility index (Phi) is 5.79. The lowest BCUT2D eigenvalue weighted by Gasteiger charge is -2.06. The molecule has 1 N–H and O–H groups in total. The van der Waals surface area contributed by atoms with Gasteiger partial charge in [0.1, 0.15) is 6.61 Å². The highest BCUT2D eigenvalue weighted by molar-refractivity contribution is 5.92. The van der Waals surface area contributed by atoms with Crippen LogP contribution in [0.3, 0.4) is 0 Å². The predicted molar refractivity (Wildman–Crippen MR) is 71.4 cm³/mol. The zero-order valence-electron chi connectivity index (χ0n) is 11.1. The molecule has 1 aromatic rings. The van der Waals surface area contributed by atoms with E-state index in [0.29, 0.717) is 0 Å². The van der Waals surface area contributed by atoms with Crippen LogP contribution in [0, 0.1) is 5.92 Å². The van der Waals surface area contributed by atoms with Gasteiger partial charge < -0.3 is 9.84 Å². The largest absolute Gasteiger partial charge is 0.478 e. The van der Waals surface area contributed by atoms with Crippen molar-refractivity contribution in [3.63, 3.8) is 0 Å². The van der Waals surface area contributed by atoms with Gasteiger partial charge >= 0.3 is 11.9 Å². The molecule has 4 heteroatoms. The van der Waals surface area contributed by atoms with Gasteiger partial charge in [0.05, 0.1) is 6.42 Å². The molecule has 0 bridgehead atoms. The third-order valence-electron chi connectivity index (χ3n) is 2.39. The van der Waals surface area contributed by atoms with E-state index in [1.165, 1.54) is 0 Å². The molecule has 0 aliphatic heterocycles. The number of aliphatic carboxylic acids is 1. The number of allylic oxidation sites excluding steroid dienone is 1. The summed E-state index contributed by atoms with van der Waals surface area (Å²) in [6.07, 6.45) is 1.35. The molecule has 0 saturated carbocycles. The quantitative estimate of drug-likeness (QED) is 0.632. The van der Waals surface area contributed by atoms with Crippen LogP contribution in [0.1, 0.15) is 25.8 Å². The normalized spacial score (nSPS) is 11.4. The molecule has 0 unspecified atom stereocenters. The Balaban J connectivity index is 2.52. The maximum atomic E-state index is 11.6. The summed E-state index contributed by atoms with van der Waals surface area (Å²) < 4.78 is 5.05. The first-order chi connectivity index (χ1) is 8.99. The molecule has 0 radical (unpaired) electrons. The minimum absolute atomic E-state index is 0.0769. The molecule has 102 valence electrons. The van der Waals surface area contributed by atoms with Crippen LogP contribution in [0.5, 0.6) is 0 Å². The van der Waals surface area contributed by atoms with Crippen LogP contribution in [-0.4, -0.2) is 17.0 Å². The van der Waals surface area contributed by atoms with Crippen molar-refractivity contribution in [3.05, 3.63) is 47.5 Å². The molecular weight excluding hydrogens is 244 g/mol. The molecule has 0 amide bonds. The van der Waals surface area contributed by atoms with E-state index < -0.39 is 11.9 Å². The van der Waals surface area contributed by atoms with Crippen LogP contribution in [0.15, 0.2) is 42.0 Å². The Hall–Kier alpha value is -2.10. The van der Waals surface area contributed by atoms with E-state index in [-0.39, 0.29) is 24.5 Å². The Morgan fingerprint density at radius 2 is 1.89 bits per heavy atom. The minimum Gasteiger partial charge on any atom is -0.478 e. The van der Waals surface area contributed by atoms with Gasteiger partial charge in [-0.2, -0.15) is 0 Å². The zero-order chi connectivity index (χ0) is 14.3. The predicted octanol–water partition coefficient (Wildman–Crippen LogP) is 2.79. The summed E-state index contributed by atoms with van der Waals surface area (Å²) in [5.41, 5.74) is 0.952. The summed E-state index contributed by atoms with van der Waals surface area (Å²) in [4.78, 5) is 22.6. The Morgan fingerprint density at radius 1 is 1.26 bits per heavy atom. The number of carboxylic acid groups (broad SMARTS) is 1. The molecule has 1 aromatic carbocycles. The van der Waals surface area contributed by atoms with Gasteiger partial charge in [0, 0.05) is 5.57 Å². The number of ether oxygens (including phenoxy) is 1. The van der Waals surface area contributed by atoms with Crippen molar-refractivity contribution in [2.75, 3.05) is 0 Å². The number of rotatable bonds is 6. The zero-order valence-corrected chi connectivity index (χ0v) is 11.1. The van der Waals surface area contributed by atoms with E-state index in [9.17, 15) is 9.59 Å². The Labute approximate surface area is 112 Å². The molecule has 0 aromatic heterocycles. The number of benzene rings is 1. The molecule has 0 saturated heterocycles. The Bertz CT molecular complexity index is 460. The number of carbonyl (C=O) groups excluding carboxylic acids is 1. The van der Waals surface area contributed by atoms with Crippen LogP contribution in [0.25, 0.3) is 0 Å². The second-order valence-corrected chi connectivity index (χ2v) is 4.56. The van der Waals surface area contributed by atoms with E-state index in [4.69, 9.17) is 9.84 Å². The molecule has 0 fully saturated rings. The fraction of sp³-hybridized carbons (Fsp3) is 0.333. The number of hydrogen-bond donors (Lipinski definition) is 1. The average molecular weight is 262 g/mol. The van der Waals surface area contributed by atoms with Gasteiger partial charge in [-0.25, -0.2) is 4.79 Å². The van der Waals surface area contributed by atoms with E-state index in [1.807, 2.05) is 44.2 Å². The van der Waals surface area contributed by atoms with Crippen LogP contribution < -0.4 is 0 Å². The number of hydrogen-bond acceptors (Lipinski definition) is 3. The summed E-state index contributed by atoms with van der Waals surface area (Å²) >= 11 is 0. The molecule has 0 spiro atoms. The summed E-state index contributed by atoms with van der Waals surface area (Å²) in [5, 5.41) is 8.98. The average Bonchev–Trinajstić information content (AvgIpc) is 2.36. The first kappa shape index (κ1) is 15.0. The molecule has 4 nitrogen and oxygen atoms in total. The Morgan fingerprint density at radius 3 is 2.42 bits per heavy atom. The van der Waals surface area contributed by atoms with Gasteiger partial charge in [0.25, 0.3) is 0 Å². The lowest BCUT2D eigenvalue weighted by Crippen LogP contribution is -2.11. The van der Waals surface area contributed by atoms with Crippen molar-refractivity contribution in [1.29, 1.82) is 0 Å². The minimum atomic E-state index is -1.08.